The second-order valence-electron chi connectivity index (χ2n) is 9.65. The Morgan fingerprint density at radius 3 is 2.57 bits per heavy atom. The molecule has 1 aromatic heterocycles. The van der Waals surface area contributed by atoms with Crippen LogP contribution in [0.2, 0.25) is 0 Å². The van der Waals surface area contributed by atoms with Crippen LogP contribution in [0.25, 0.3) is 10.9 Å². The molecule has 2 fully saturated rings. The lowest BCUT2D eigenvalue weighted by molar-refractivity contribution is 0.0341. The molecule has 2 saturated heterocycles. The minimum absolute atomic E-state index is 0.123. The van der Waals surface area contributed by atoms with Crippen LogP contribution in [0.4, 0.5) is 0 Å². The quantitative estimate of drug-likeness (QED) is 0.566. The smallest absolute Gasteiger partial charge is 0.253 e. The van der Waals surface area contributed by atoms with Gasteiger partial charge in [-0.3, -0.25) is 14.6 Å². The number of aromatic nitrogens is 1. The fourth-order valence-electron chi connectivity index (χ4n) is 5.00. The van der Waals surface area contributed by atoms with Crippen LogP contribution in [0.15, 0.2) is 42.5 Å². The summed E-state index contributed by atoms with van der Waals surface area (Å²) in [6.45, 7) is 13.5. The minimum Gasteiger partial charge on any atom is -0.492 e. The maximum atomic E-state index is 13.1. The number of rotatable bonds is 7. The van der Waals surface area contributed by atoms with Crippen molar-refractivity contribution in [3.63, 3.8) is 0 Å². The van der Waals surface area contributed by atoms with Gasteiger partial charge in [-0.2, -0.15) is 0 Å². The third-order valence-corrected chi connectivity index (χ3v) is 7.30. The van der Waals surface area contributed by atoms with Crippen LogP contribution in [-0.2, 0) is 11.3 Å². The van der Waals surface area contributed by atoms with E-state index in [0.717, 1.165) is 93.5 Å². The number of amides is 1. The van der Waals surface area contributed by atoms with Gasteiger partial charge in [0.15, 0.2) is 0 Å². The predicted octanol–water partition coefficient (Wildman–Crippen LogP) is 3.45. The van der Waals surface area contributed by atoms with Crippen LogP contribution in [0, 0.1) is 13.8 Å². The zero-order valence-electron chi connectivity index (χ0n) is 20.9. The Kier molecular flexibility index (Phi) is 7.37. The number of nitrogens with one attached hydrogen (secondary N) is 1. The molecule has 2 aliphatic rings. The monoisotopic (exact) mass is 476 g/mol. The molecule has 1 amide bonds. The lowest BCUT2D eigenvalue weighted by Gasteiger charge is -2.34. The van der Waals surface area contributed by atoms with E-state index in [1.807, 2.05) is 29.2 Å². The summed E-state index contributed by atoms with van der Waals surface area (Å²) in [7, 11) is 0. The highest BCUT2D eigenvalue weighted by Crippen LogP contribution is 2.23. The number of aromatic amines is 1. The van der Waals surface area contributed by atoms with Gasteiger partial charge in [-0.15, -0.1) is 0 Å². The van der Waals surface area contributed by atoms with Gasteiger partial charge in [-0.1, -0.05) is 12.1 Å². The normalized spacial score (nSPS) is 17.7. The fourth-order valence-corrected chi connectivity index (χ4v) is 5.00. The summed E-state index contributed by atoms with van der Waals surface area (Å²) in [5, 5.41) is 1.14. The second-order valence-corrected chi connectivity index (χ2v) is 9.65. The van der Waals surface area contributed by atoms with Crippen molar-refractivity contribution in [2.24, 2.45) is 0 Å². The van der Waals surface area contributed by atoms with Crippen molar-refractivity contribution in [2.75, 3.05) is 65.6 Å². The molecule has 0 radical (unpaired) electrons. The Morgan fingerprint density at radius 1 is 0.971 bits per heavy atom. The van der Waals surface area contributed by atoms with Crippen molar-refractivity contribution in [1.29, 1.82) is 0 Å². The second kappa shape index (κ2) is 10.8. The molecule has 3 heterocycles. The SMILES string of the molecule is Cc1[nH]c2ccc(C(=O)N3CCN(CCOc4cccc(CN5CCOCC5)c4)CC3)cc2c1C. The first-order valence-corrected chi connectivity index (χ1v) is 12.7. The van der Waals surface area contributed by atoms with Crippen molar-refractivity contribution in [3.8, 4) is 5.75 Å². The number of hydrogen-bond acceptors (Lipinski definition) is 5. The molecule has 0 atom stereocenters. The van der Waals surface area contributed by atoms with E-state index in [-0.39, 0.29) is 5.91 Å². The highest BCUT2D eigenvalue weighted by atomic mass is 16.5. The average Bonchev–Trinajstić information content (AvgIpc) is 3.17. The molecule has 7 nitrogen and oxygen atoms in total. The number of fused-ring (bicyclic) bond motifs is 1. The van der Waals surface area contributed by atoms with Gasteiger partial charge in [0.25, 0.3) is 5.91 Å². The third kappa shape index (κ3) is 5.69. The largest absolute Gasteiger partial charge is 0.492 e. The molecule has 0 unspecified atom stereocenters. The molecule has 1 N–H and O–H groups in total. The molecule has 5 rings (SSSR count). The third-order valence-electron chi connectivity index (χ3n) is 7.30. The first-order valence-electron chi connectivity index (χ1n) is 12.7. The number of benzene rings is 2. The van der Waals surface area contributed by atoms with Crippen molar-refractivity contribution < 1.29 is 14.3 Å². The Bertz CT molecular complexity index is 1160. The fraction of sp³-hybridized carbons (Fsp3) is 0.464. The Labute approximate surface area is 207 Å². The van der Waals surface area contributed by atoms with Gasteiger partial charge in [-0.25, -0.2) is 0 Å². The number of hydrogen-bond donors (Lipinski definition) is 1. The van der Waals surface area contributed by atoms with Crippen molar-refractivity contribution in [3.05, 3.63) is 64.8 Å². The predicted molar refractivity (Wildman–Crippen MR) is 138 cm³/mol. The van der Waals surface area contributed by atoms with E-state index in [4.69, 9.17) is 9.47 Å². The summed E-state index contributed by atoms with van der Waals surface area (Å²) in [5.41, 5.74) is 5.51. The number of carbonyl (C=O) groups is 1. The summed E-state index contributed by atoms with van der Waals surface area (Å²) < 4.78 is 11.5. The summed E-state index contributed by atoms with van der Waals surface area (Å²) in [6, 6.07) is 14.4. The summed E-state index contributed by atoms with van der Waals surface area (Å²) in [5.74, 6) is 1.05. The molecule has 35 heavy (non-hydrogen) atoms. The van der Waals surface area contributed by atoms with Crippen LogP contribution in [0.3, 0.4) is 0 Å². The number of ether oxygens (including phenoxy) is 2. The van der Waals surface area contributed by atoms with Gasteiger partial charge in [0.05, 0.1) is 13.2 Å². The lowest BCUT2D eigenvalue weighted by Crippen LogP contribution is -2.49. The standard InChI is InChI=1S/C28H36N4O3/c1-21-22(2)29-27-7-6-24(19-26(21)27)28(33)32-10-8-30(9-11-32)14-17-35-25-5-3-4-23(18-25)20-31-12-15-34-16-13-31/h3-7,18-19,29H,8-17,20H2,1-2H3. The maximum absolute atomic E-state index is 13.1. The molecule has 186 valence electrons. The van der Waals surface area contributed by atoms with E-state index in [1.165, 1.54) is 11.1 Å². The number of carbonyl (C=O) groups excluding carboxylic acids is 1. The van der Waals surface area contributed by atoms with Crippen molar-refractivity contribution in [1.82, 2.24) is 19.7 Å². The first kappa shape index (κ1) is 23.9. The molecular formula is C28H36N4O3. The van der Waals surface area contributed by atoms with Gasteiger partial charge < -0.3 is 19.4 Å². The molecular weight excluding hydrogens is 440 g/mol. The molecule has 0 bridgehead atoms. The van der Waals surface area contributed by atoms with Gasteiger partial charge in [0.1, 0.15) is 12.4 Å². The number of piperazine rings is 1. The molecule has 3 aromatic rings. The van der Waals surface area contributed by atoms with Crippen LogP contribution in [0.1, 0.15) is 27.2 Å². The topological polar surface area (TPSA) is 61.0 Å². The van der Waals surface area contributed by atoms with E-state index in [9.17, 15) is 4.79 Å². The molecule has 0 saturated carbocycles. The van der Waals surface area contributed by atoms with Gasteiger partial charge in [0.2, 0.25) is 0 Å². The molecule has 0 aliphatic carbocycles. The van der Waals surface area contributed by atoms with E-state index in [2.05, 4.69) is 46.8 Å². The number of morpholine rings is 1. The van der Waals surface area contributed by atoms with Gasteiger partial charge in [0, 0.05) is 74.5 Å². The van der Waals surface area contributed by atoms with Crippen molar-refractivity contribution >= 4 is 16.8 Å². The lowest BCUT2D eigenvalue weighted by atomic mass is 10.1. The zero-order valence-corrected chi connectivity index (χ0v) is 20.9. The Hall–Kier alpha value is -2.87. The number of H-pyrrole nitrogens is 1. The number of nitrogens with zero attached hydrogens (tertiary/aromatic N) is 3. The van der Waals surface area contributed by atoms with Crippen LogP contribution >= 0.6 is 0 Å². The first-order chi connectivity index (χ1) is 17.1. The minimum atomic E-state index is 0.123. The highest BCUT2D eigenvalue weighted by Gasteiger charge is 2.22. The van der Waals surface area contributed by atoms with Gasteiger partial charge in [-0.05, 0) is 55.3 Å². The van der Waals surface area contributed by atoms with Gasteiger partial charge >= 0.3 is 0 Å². The van der Waals surface area contributed by atoms with Crippen molar-refractivity contribution in [2.45, 2.75) is 20.4 Å². The van der Waals surface area contributed by atoms with E-state index in [0.29, 0.717) is 6.61 Å². The maximum Gasteiger partial charge on any atom is 0.253 e. The zero-order chi connectivity index (χ0) is 24.2. The average molecular weight is 477 g/mol. The van der Waals surface area contributed by atoms with Crippen LogP contribution in [-0.4, -0.2) is 91.2 Å². The van der Waals surface area contributed by atoms with Crippen LogP contribution in [0.5, 0.6) is 5.75 Å². The molecule has 2 aliphatic heterocycles. The highest BCUT2D eigenvalue weighted by molar-refractivity contribution is 5.99. The summed E-state index contributed by atoms with van der Waals surface area (Å²) in [6.07, 6.45) is 0. The van der Waals surface area contributed by atoms with E-state index < -0.39 is 0 Å². The molecule has 2 aromatic carbocycles. The summed E-state index contributed by atoms with van der Waals surface area (Å²) in [4.78, 5) is 23.3. The molecule has 7 heteroatoms. The molecule has 0 spiro atoms. The Morgan fingerprint density at radius 2 is 1.77 bits per heavy atom. The Balaban J connectivity index is 1.08. The van der Waals surface area contributed by atoms with E-state index >= 15 is 0 Å². The number of aryl methyl sites for hydroxylation is 2. The summed E-state index contributed by atoms with van der Waals surface area (Å²) >= 11 is 0. The van der Waals surface area contributed by atoms with E-state index in [1.54, 1.807) is 0 Å². The van der Waals surface area contributed by atoms with Crippen LogP contribution < -0.4 is 4.74 Å².